The normalized spacial score (nSPS) is 16.0. The predicted molar refractivity (Wildman–Crippen MR) is 113 cm³/mol. The number of Topliss-reactive ketones (excluding diaryl/α,β-unsaturated/α-hetero) is 2. The van der Waals surface area contributed by atoms with Crippen LogP contribution in [0.3, 0.4) is 0 Å². The lowest BCUT2D eigenvalue weighted by Crippen LogP contribution is -2.32. The second kappa shape index (κ2) is 11.9. The molecule has 2 heteroatoms. The van der Waals surface area contributed by atoms with Crippen LogP contribution in [0.5, 0.6) is 0 Å². The van der Waals surface area contributed by atoms with E-state index < -0.39 is 0 Å². The van der Waals surface area contributed by atoms with Gasteiger partial charge in [-0.3, -0.25) is 9.59 Å². The number of ketones is 2. The molecule has 152 valence electrons. The van der Waals surface area contributed by atoms with E-state index in [0.717, 1.165) is 12.8 Å². The van der Waals surface area contributed by atoms with Gasteiger partial charge in [0.1, 0.15) is 11.6 Å². The molecule has 0 spiro atoms. The highest BCUT2D eigenvalue weighted by atomic mass is 16.1. The summed E-state index contributed by atoms with van der Waals surface area (Å²) in [6, 6.07) is 0. The van der Waals surface area contributed by atoms with Gasteiger partial charge in [0.05, 0.1) is 0 Å². The molecule has 2 nitrogen and oxygen atoms in total. The van der Waals surface area contributed by atoms with Crippen molar-refractivity contribution in [2.75, 3.05) is 0 Å². The lowest BCUT2D eigenvalue weighted by molar-refractivity contribution is -0.129. The maximum absolute atomic E-state index is 11.4. The van der Waals surface area contributed by atoms with E-state index in [4.69, 9.17) is 0 Å². The summed E-state index contributed by atoms with van der Waals surface area (Å²) in [7, 11) is 0. The fraction of sp³-hybridized carbons (Fsp3) is 0.913. The van der Waals surface area contributed by atoms with Gasteiger partial charge in [0.2, 0.25) is 0 Å². The summed E-state index contributed by atoms with van der Waals surface area (Å²) >= 11 is 0. The van der Waals surface area contributed by atoms with Crippen LogP contribution in [-0.4, -0.2) is 11.6 Å². The molecule has 0 aliphatic heterocycles. The molecule has 0 amide bonds. The summed E-state index contributed by atoms with van der Waals surface area (Å²) in [5.74, 6) is 2.73. The predicted octanol–water partition coefficient (Wildman–Crippen LogP) is 7.20. The van der Waals surface area contributed by atoms with E-state index in [1.54, 1.807) is 13.8 Å². The molecule has 2 unspecified atom stereocenters. The second-order valence-corrected chi connectivity index (χ2v) is 9.45. The first-order valence-electron chi connectivity index (χ1n) is 9.63. The maximum Gasteiger partial charge on any atom is 0.135 e. The standard InChI is InChI=1S/2C11H22O.CH4/c2*1-8(2)7-11(6,9(3)4)10(5)12;/h2*8-9H,7H2,1-6H3;1H4. The summed E-state index contributed by atoms with van der Waals surface area (Å²) in [4.78, 5) is 22.9. The number of hydrogen-bond donors (Lipinski definition) is 0. The highest BCUT2D eigenvalue weighted by Gasteiger charge is 2.34. The van der Waals surface area contributed by atoms with Gasteiger partial charge in [-0.1, -0.05) is 76.7 Å². The lowest BCUT2D eigenvalue weighted by atomic mass is 9.71. The molecule has 0 aliphatic carbocycles. The van der Waals surface area contributed by atoms with Gasteiger partial charge in [-0.25, -0.2) is 0 Å². The van der Waals surface area contributed by atoms with Gasteiger partial charge in [-0.15, -0.1) is 0 Å². The summed E-state index contributed by atoms with van der Waals surface area (Å²) in [6.45, 7) is 24.8. The molecule has 2 atom stereocenters. The van der Waals surface area contributed by atoms with E-state index in [2.05, 4.69) is 69.2 Å². The monoisotopic (exact) mass is 356 g/mol. The Hall–Kier alpha value is -0.660. The quantitative estimate of drug-likeness (QED) is 0.460. The molecule has 0 aromatic heterocycles. The summed E-state index contributed by atoms with van der Waals surface area (Å²) in [6.07, 6.45) is 2.00. The van der Waals surface area contributed by atoms with E-state index in [9.17, 15) is 9.59 Å². The van der Waals surface area contributed by atoms with Gasteiger partial charge in [-0.05, 0) is 50.4 Å². The third kappa shape index (κ3) is 9.56. The van der Waals surface area contributed by atoms with E-state index in [0.29, 0.717) is 35.2 Å². The number of hydrogen-bond acceptors (Lipinski definition) is 2. The zero-order chi connectivity index (χ0) is 19.9. The topological polar surface area (TPSA) is 34.1 Å². The highest BCUT2D eigenvalue weighted by molar-refractivity contribution is 5.82. The van der Waals surface area contributed by atoms with Gasteiger partial charge in [0.25, 0.3) is 0 Å². The van der Waals surface area contributed by atoms with Crippen molar-refractivity contribution in [3.63, 3.8) is 0 Å². The number of rotatable bonds is 8. The Bertz CT molecular complexity index is 355. The molecule has 0 fully saturated rings. The van der Waals surface area contributed by atoms with Crippen molar-refractivity contribution in [2.24, 2.45) is 34.5 Å². The lowest BCUT2D eigenvalue weighted by Gasteiger charge is -2.32. The van der Waals surface area contributed by atoms with Gasteiger partial charge < -0.3 is 0 Å². The Morgan fingerprint density at radius 3 is 0.880 bits per heavy atom. The minimum Gasteiger partial charge on any atom is -0.299 e. The van der Waals surface area contributed by atoms with Crippen LogP contribution in [0.1, 0.15) is 103 Å². The van der Waals surface area contributed by atoms with Gasteiger partial charge in [0.15, 0.2) is 0 Å². The van der Waals surface area contributed by atoms with E-state index >= 15 is 0 Å². The molecule has 0 saturated carbocycles. The van der Waals surface area contributed by atoms with Gasteiger partial charge in [-0.2, -0.15) is 0 Å². The molecule has 0 rings (SSSR count). The molecule has 0 aromatic rings. The van der Waals surface area contributed by atoms with Crippen LogP contribution in [0.2, 0.25) is 0 Å². The fourth-order valence-corrected chi connectivity index (χ4v) is 3.27. The zero-order valence-corrected chi connectivity index (χ0v) is 18.5. The zero-order valence-electron chi connectivity index (χ0n) is 18.5. The Balaban J connectivity index is -0.000000372. The van der Waals surface area contributed by atoms with Crippen LogP contribution in [0.25, 0.3) is 0 Å². The molecule has 0 aromatic carbocycles. The van der Waals surface area contributed by atoms with Gasteiger partial charge in [0, 0.05) is 10.8 Å². The number of carbonyl (C=O) groups is 2. The Morgan fingerprint density at radius 2 is 0.840 bits per heavy atom. The van der Waals surface area contributed by atoms with Crippen LogP contribution in [-0.2, 0) is 9.59 Å². The molecule has 0 radical (unpaired) electrons. The molecule has 0 saturated heterocycles. The van der Waals surface area contributed by atoms with Crippen molar-refractivity contribution in [3.8, 4) is 0 Å². The minimum absolute atomic E-state index is 0. The average molecular weight is 357 g/mol. The minimum atomic E-state index is -0.117. The molecule has 25 heavy (non-hydrogen) atoms. The highest BCUT2D eigenvalue weighted by Crippen LogP contribution is 2.35. The molecule has 0 aliphatic rings. The van der Waals surface area contributed by atoms with Crippen LogP contribution in [0.4, 0.5) is 0 Å². The van der Waals surface area contributed by atoms with Crippen LogP contribution >= 0.6 is 0 Å². The first kappa shape index (κ1) is 29.1. The molecular formula is C23H48O2. The van der Waals surface area contributed by atoms with E-state index in [1.807, 2.05) is 0 Å². The van der Waals surface area contributed by atoms with E-state index in [1.165, 1.54) is 0 Å². The van der Waals surface area contributed by atoms with E-state index in [-0.39, 0.29) is 18.3 Å². The Kier molecular flexibility index (Phi) is 13.8. The first-order valence-corrected chi connectivity index (χ1v) is 9.63. The van der Waals surface area contributed by atoms with Crippen molar-refractivity contribution in [2.45, 2.75) is 103 Å². The average Bonchev–Trinajstić information content (AvgIpc) is 2.36. The van der Waals surface area contributed by atoms with Crippen molar-refractivity contribution in [3.05, 3.63) is 0 Å². The molecular weight excluding hydrogens is 308 g/mol. The molecule has 0 N–H and O–H groups in total. The Morgan fingerprint density at radius 1 is 0.640 bits per heavy atom. The second-order valence-electron chi connectivity index (χ2n) is 9.45. The van der Waals surface area contributed by atoms with Crippen molar-refractivity contribution in [1.82, 2.24) is 0 Å². The summed E-state index contributed by atoms with van der Waals surface area (Å²) < 4.78 is 0. The maximum atomic E-state index is 11.4. The number of carbonyl (C=O) groups excluding carboxylic acids is 2. The molecule has 0 heterocycles. The third-order valence-electron chi connectivity index (χ3n) is 5.82. The van der Waals surface area contributed by atoms with Crippen molar-refractivity contribution in [1.29, 1.82) is 0 Å². The Labute approximate surface area is 159 Å². The summed E-state index contributed by atoms with van der Waals surface area (Å²) in [5, 5.41) is 0. The van der Waals surface area contributed by atoms with Crippen molar-refractivity contribution >= 4 is 11.6 Å². The molecule has 0 bridgehead atoms. The largest absolute Gasteiger partial charge is 0.299 e. The first-order chi connectivity index (χ1) is 10.6. The third-order valence-corrected chi connectivity index (χ3v) is 5.82. The van der Waals surface area contributed by atoms with Gasteiger partial charge >= 0.3 is 0 Å². The van der Waals surface area contributed by atoms with Crippen molar-refractivity contribution < 1.29 is 9.59 Å². The van der Waals surface area contributed by atoms with Crippen LogP contribution in [0, 0.1) is 34.5 Å². The summed E-state index contributed by atoms with van der Waals surface area (Å²) in [5.41, 5.74) is -0.234. The SMILES string of the molecule is C.CC(=O)C(C)(CC(C)C)C(C)C.CC(=O)C(C)(CC(C)C)C(C)C. The smallest absolute Gasteiger partial charge is 0.135 e. The fourth-order valence-electron chi connectivity index (χ4n) is 3.27. The van der Waals surface area contributed by atoms with Crippen LogP contribution < -0.4 is 0 Å². The van der Waals surface area contributed by atoms with Crippen LogP contribution in [0.15, 0.2) is 0 Å².